The van der Waals surface area contributed by atoms with Gasteiger partial charge in [-0.05, 0) is 128 Å². The van der Waals surface area contributed by atoms with Crippen LogP contribution in [0.5, 0.6) is 0 Å². The summed E-state index contributed by atoms with van der Waals surface area (Å²) >= 11 is 0. The molecule has 1 atom stereocenters. The van der Waals surface area contributed by atoms with Crippen LogP contribution in [0.3, 0.4) is 0 Å². The van der Waals surface area contributed by atoms with Crippen LogP contribution in [0, 0.1) is 0 Å². The fourth-order valence-electron chi connectivity index (χ4n) is 7.22. The van der Waals surface area contributed by atoms with Crippen LogP contribution in [0.15, 0.2) is 122 Å². The van der Waals surface area contributed by atoms with E-state index in [4.69, 9.17) is 14.2 Å². The topological polar surface area (TPSA) is 78.9 Å². The van der Waals surface area contributed by atoms with Gasteiger partial charge in [-0.3, -0.25) is 14.4 Å². The summed E-state index contributed by atoms with van der Waals surface area (Å²) in [5.41, 5.74) is 0. The molecule has 0 bridgehead atoms. The monoisotopic (exact) mass is 955 g/mol. The fraction of sp³-hybridized carbons (Fsp3) is 0.635. The van der Waals surface area contributed by atoms with Gasteiger partial charge in [0, 0.05) is 19.3 Å². The van der Waals surface area contributed by atoms with E-state index in [1.165, 1.54) is 96.3 Å². The molecule has 0 aliphatic rings. The molecule has 0 spiro atoms. The predicted molar refractivity (Wildman–Crippen MR) is 297 cm³/mol. The Labute approximate surface area is 424 Å². The van der Waals surface area contributed by atoms with Gasteiger partial charge in [-0.15, -0.1) is 0 Å². The Hall–Kier alpha value is -4.19. The second kappa shape index (κ2) is 56.4. The summed E-state index contributed by atoms with van der Waals surface area (Å²) in [7, 11) is 0. The van der Waals surface area contributed by atoms with E-state index < -0.39 is 6.10 Å². The zero-order valence-electron chi connectivity index (χ0n) is 44.5. The third-order valence-corrected chi connectivity index (χ3v) is 11.4. The lowest BCUT2D eigenvalue weighted by Gasteiger charge is -2.18. The van der Waals surface area contributed by atoms with E-state index in [-0.39, 0.29) is 37.5 Å². The molecule has 0 amide bonds. The van der Waals surface area contributed by atoms with E-state index in [0.29, 0.717) is 25.7 Å². The van der Waals surface area contributed by atoms with Gasteiger partial charge in [-0.2, -0.15) is 0 Å². The van der Waals surface area contributed by atoms with Crippen molar-refractivity contribution in [3.63, 3.8) is 0 Å². The molecule has 0 aromatic carbocycles. The van der Waals surface area contributed by atoms with Gasteiger partial charge in [-0.1, -0.05) is 213 Å². The second-order valence-electron chi connectivity index (χ2n) is 18.1. The molecule has 0 aromatic rings. The highest BCUT2D eigenvalue weighted by molar-refractivity contribution is 5.71. The largest absolute Gasteiger partial charge is 0.462 e. The molecule has 0 N–H and O–H groups in total. The molecule has 0 aromatic heterocycles. The molecule has 0 aliphatic carbocycles. The molecule has 0 saturated carbocycles. The Morgan fingerprint density at radius 1 is 0.304 bits per heavy atom. The van der Waals surface area contributed by atoms with Gasteiger partial charge < -0.3 is 14.2 Å². The standard InChI is InChI=1S/C63H102O6/c1-4-7-10-13-16-19-22-25-28-30-31-33-35-38-41-44-47-50-53-56-62(65)68-59-60(58-67-61(64)55-52-49-46-43-40-37-34-27-24-21-18-15-12-9-6-3)69-63(66)57-54-51-48-45-42-39-36-32-29-26-23-20-17-14-11-8-5-2/h8,11,16-21,25-29,34,36,39-40,43,45,48,60H,4-7,9-10,12-15,22-24,30-33,35,37-38,41-42,44,46-47,49-59H2,1-3H3/b11-8-,19-16-,20-17-,21-18-,28-25-,29-26-,34-27-,39-36-,43-40-,48-45-/t60-/m0/s1. The molecule has 69 heavy (non-hydrogen) atoms. The van der Waals surface area contributed by atoms with Gasteiger partial charge in [0.2, 0.25) is 0 Å². The van der Waals surface area contributed by atoms with Crippen LogP contribution in [0.4, 0.5) is 0 Å². The molecule has 0 unspecified atom stereocenters. The minimum Gasteiger partial charge on any atom is -0.462 e. The van der Waals surface area contributed by atoms with E-state index in [9.17, 15) is 14.4 Å². The van der Waals surface area contributed by atoms with Gasteiger partial charge in [0.05, 0.1) is 0 Å². The summed E-state index contributed by atoms with van der Waals surface area (Å²) in [5.74, 6) is -1.02. The number of allylic oxidation sites excluding steroid dienone is 20. The second-order valence-corrected chi connectivity index (χ2v) is 18.1. The maximum atomic E-state index is 12.8. The number of hydrogen-bond acceptors (Lipinski definition) is 6. The number of ether oxygens (including phenoxy) is 3. The number of rotatable bonds is 49. The van der Waals surface area contributed by atoms with Crippen molar-refractivity contribution in [2.24, 2.45) is 0 Å². The van der Waals surface area contributed by atoms with E-state index in [2.05, 4.69) is 142 Å². The molecule has 0 aliphatic heterocycles. The van der Waals surface area contributed by atoms with Crippen molar-refractivity contribution in [3.05, 3.63) is 122 Å². The summed E-state index contributed by atoms with van der Waals surface area (Å²) in [5, 5.41) is 0. The van der Waals surface area contributed by atoms with Crippen LogP contribution in [0.25, 0.3) is 0 Å². The van der Waals surface area contributed by atoms with Crippen LogP contribution >= 0.6 is 0 Å². The van der Waals surface area contributed by atoms with Gasteiger partial charge in [0.15, 0.2) is 6.10 Å². The maximum Gasteiger partial charge on any atom is 0.306 e. The van der Waals surface area contributed by atoms with Gasteiger partial charge >= 0.3 is 17.9 Å². The molecule has 0 radical (unpaired) electrons. The SMILES string of the molecule is CC/C=C\C/C=C\C/C=C\C/C=C\C/C=C\CCCC(=O)O[C@@H](COC(=O)CCCC/C=C\C/C=C\C/C=C\CCCCC)COC(=O)CCCCCCCCCCC/C=C\C/C=C\CCCCC. The third kappa shape index (κ3) is 54.6. The van der Waals surface area contributed by atoms with E-state index in [1.807, 2.05) is 0 Å². The highest BCUT2D eigenvalue weighted by atomic mass is 16.6. The number of hydrogen-bond donors (Lipinski definition) is 0. The normalized spacial score (nSPS) is 13.0. The summed E-state index contributed by atoms with van der Waals surface area (Å²) < 4.78 is 16.8. The zero-order chi connectivity index (χ0) is 50.0. The smallest absolute Gasteiger partial charge is 0.306 e. The molecule has 6 heteroatoms. The first-order chi connectivity index (χ1) is 34.0. The Morgan fingerprint density at radius 2 is 0.580 bits per heavy atom. The molecule has 0 heterocycles. The highest BCUT2D eigenvalue weighted by Crippen LogP contribution is 2.13. The van der Waals surface area contributed by atoms with Gasteiger partial charge in [0.1, 0.15) is 13.2 Å². The number of carbonyl (C=O) groups excluding carboxylic acids is 3. The van der Waals surface area contributed by atoms with E-state index in [0.717, 1.165) is 89.9 Å². The predicted octanol–water partition coefficient (Wildman–Crippen LogP) is 18.9. The van der Waals surface area contributed by atoms with Crippen LogP contribution < -0.4 is 0 Å². The molecule has 0 rings (SSSR count). The van der Waals surface area contributed by atoms with Crippen molar-refractivity contribution >= 4 is 17.9 Å². The summed E-state index contributed by atoms with van der Waals surface area (Å²) in [6, 6.07) is 0. The first-order valence-corrected chi connectivity index (χ1v) is 28.0. The number of esters is 3. The fourth-order valence-corrected chi connectivity index (χ4v) is 7.22. The van der Waals surface area contributed by atoms with Crippen LogP contribution in [0.1, 0.15) is 239 Å². The Balaban J connectivity index is 4.54. The van der Waals surface area contributed by atoms with Crippen LogP contribution in [-0.4, -0.2) is 37.2 Å². The van der Waals surface area contributed by atoms with Crippen LogP contribution in [-0.2, 0) is 28.6 Å². The Morgan fingerprint density at radius 3 is 0.957 bits per heavy atom. The average Bonchev–Trinajstić information content (AvgIpc) is 3.35. The van der Waals surface area contributed by atoms with Crippen LogP contribution in [0.2, 0.25) is 0 Å². The summed E-state index contributed by atoms with van der Waals surface area (Å²) in [4.78, 5) is 38.1. The average molecular weight is 956 g/mol. The quantitative estimate of drug-likeness (QED) is 0.0262. The molecular formula is C63H102O6. The first-order valence-electron chi connectivity index (χ1n) is 28.0. The Bertz CT molecular complexity index is 1470. The lowest BCUT2D eigenvalue weighted by molar-refractivity contribution is -0.167. The van der Waals surface area contributed by atoms with Crippen molar-refractivity contribution < 1.29 is 28.6 Å². The van der Waals surface area contributed by atoms with E-state index in [1.54, 1.807) is 0 Å². The summed E-state index contributed by atoms with van der Waals surface area (Å²) in [6.07, 6.45) is 77.6. The molecular weight excluding hydrogens is 853 g/mol. The maximum absolute atomic E-state index is 12.8. The molecule has 6 nitrogen and oxygen atoms in total. The molecule has 0 fully saturated rings. The lowest BCUT2D eigenvalue weighted by atomic mass is 10.1. The summed E-state index contributed by atoms with van der Waals surface area (Å²) in [6.45, 7) is 6.38. The Kier molecular flexibility index (Phi) is 53.0. The number of carbonyl (C=O) groups is 3. The van der Waals surface area contributed by atoms with E-state index >= 15 is 0 Å². The van der Waals surface area contributed by atoms with Gasteiger partial charge in [-0.25, -0.2) is 0 Å². The highest BCUT2D eigenvalue weighted by Gasteiger charge is 2.19. The first kappa shape index (κ1) is 64.8. The van der Waals surface area contributed by atoms with Crippen molar-refractivity contribution in [1.82, 2.24) is 0 Å². The van der Waals surface area contributed by atoms with Crippen molar-refractivity contribution in [2.75, 3.05) is 13.2 Å². The number of unbranched alkanes of at least 4 members (excludes halogenated alkanes) is 18. The minimum atomic E-state index is -0.829. The van der Waals surface area contributed by atoms with Crippen molar-refractivity contribution in [1.29, 1.82) is 0 Å². The third-order valence-electron chi connectivity index (χ3n) is 11.4. The molecule has 0 saturated heterocycles. The molecule has 390 valence electrons. The van der Waals surface area contributed by atoms with Crippen molar-refractivity contribution in [2.45, 2.75) is 245 Å². The van der Waals surface area contributed by atoms with Gasteiger partial charge in [0.25, 0.3) is 0 Å². The lowest BCUT2D eigenvalue weighted by Crippen LogP contribution is -2.30. The minimum absolute atomic E-state index is 0.118. The van der Waals surface area contributed by atoms with Crippen molar-refractivity contribution in [3.8, 4) is 0 Å². The zero-order valence-corrected chi connectivity index (χ0v) is 44.5.